The third-order valence-corrected chi connectivity index (χ3v) is 5.30. The maximum Gasteiger partial charge on any atom is 0.250 e. The first-order chi connectivity index (χ1) is 9.38. The Morgan fingerprint density at radius 1 is 1.50 bits per heavy atom. The quantitative estimate of drug-likeness (QED) is 0.867. The number of rotatable bonds is 5. The van der Waals surface area contributed by atoms with Gasteiger partial charge in [0.05, 0.1) is 6.04 Å². The van der Waals surface area contributed by atoms with Crippen LogP contribution >= 0.6 is 11.3 Å². The fourth-order valence-electron chi connectivity index (χ4n) is 1.42. The molecule has 0 radical (unpaired) electrons. The number of aromatic nitrogens is 1. The van der Waals surface area contributed by atoms with Gasteiger partial charge in [-0.1, -0.05) is 11.2 Å². The van der Waals surface area contributed by atoms with Crippen LogP contribution < -0.4 is 10.0 Å². The standard InChI is InChI=1S/C11H13N3O4S2/c1-7-6-9(13-18-7)12-11(15)8(2)14-20(16,17)10-4-3-5-19-10/h3-6,8,14H,1-2H3,(H,12,13,15)/t8-/m0/s1. The van der Waals surface area contributed by atoms with Crippen molar-refractivity contribution in [1.29, 1.82) is 0 Å². The van der Waals surface area contributed by atoms with Crippen LogP contribution in [0.3, 0.4) is 0 Å². The second-order valence-corrected chi connectivity index (χ2v) is 6.98. The van der Waals surface area contributed by atoms with Gasteiger partial charge in [0, 0.05) is 6.07 Å². The van der Waals surface area contributed by atoms with Crippen LogP contribution in [0.1, 0.15) is 12.7 Å². The number of anilines is 1. The fourth-order valence-corrected chi connectivity index (χ4v) is 3.63. The van der Waals surface area contributed by atoms with E-state index >= 15 is 0 Å². The molecule has 0 aliphatic heterocycles. The zero-order valence-electron chi connectivity index (χ0n) is 10.8. The highest BCUT2D eigenvalue weighted by molar-refractivity contribution is 7.91. The molecule has 2 aromatic rings. The van der Waals surface area contributed by atoms with Crippen LogP contribution in [0.2, 0.25) is 0 Å². The molecule has 1 atom stereocenters. The topological polar surface area (TPSA) is 101 Å². The van der Waals surface area contributed by atoms with Crippen molar-refractivity contribution in [3.8, 4) is 0 Å². The lowest BCUT2D eigenvalue weighted by molar-refractivity contribution is -0.117. The van der Waals surface area contributed by atoms with E-state index in [-0.39, 0.29) is 10.0 Å². The summed E-state index contributed by atoms with van der Waals surface area (Å²) in [5.74, 6) is 0.278. The van der Waals surface area contributed by atoms with Crippen LogP contribution in [0.15, 0.2) is 32.3 Å². The number of sulfonamides is 1. The number of thiophene rings is 1. The number of carbonyl (C=O) groups is 1. The molecule has 0 aliphatic carbocycles. The van der Waals surface area contributed by atoms with Crippen molar-refractivity contribution in [3.63, 3.8) is 0 Å². The number of hydrogen-bond donors (Lipinski definition) is 2. The second-order valence-electron chi connectivity index (χ2n) is 4.09. The number of carbonyl (C=O) groups excluding carboxylic acids is 1. The molecule has 0 aromatic carbocycles. The maximum atomic E-state index is 11.9. The minimum atomic E-state index is -3.68. The number of aryl methyl sites for hydroxylation is 1. The molecule has 2 rings (SSSR count). The summed E-state index contributed by atoms with van der Waals surface area (Å²) in [4.78, 5) is 11.9. The lowest BCUT2D eigenvalue weighted by Gasteiger charge is -2.12. The summed E-state index contributed by atoms with van der Waals surface area (Å²) >= 11 is 1.08. The van der Waals surface area contributed by atoms with Gasteiger partial charge in [0.25, 0.3) is 10.0 Å². The van der Waals surface area contributed by atoms with E-state index in [4.69, 9.17) is 4.52 Å². The molecule has 108 valence electrons. The fraction of sp³-hybridized carbons (Fsp3) is 0.273. The molecular weight excluding hydrogens is 302 g/mol. The Labute approximate surface area is 120 Å². The summed E-state index contributed by atoms with van der Waals surface area (Å²) in [6.07, 6.45) is 0. The first kappa shape index (κ1) is 14.7. The average molecular weight is 315 g/mol. The van der Waals surface area contributed by atoms with E-state index in [9.17, 15) is 13.2 Å². The van der Waals surface area contributed by atoms with E-state index in [1.165, 1.54) is 13.0 Å². The SMILES string of the molecule is Cc1cc(NC(=O)[C@H](C)NS(=O)(=O)c2cccs2)no1. The van der Waals surface area contributed by atoms with E-state index in [1.807, 2.05) is 0 Å². The molecule has 0 fully saturated rings. The molecular formula is C11H13N3O4S2. The highest BCUT2D eigenvalue weighted by atomic mass is 32.2. The van der Waals surface area contributed by atoms with Gasteiger partial charge in [-0.25, -0.2) is 8.42 Å². The Morgan fingerprint density at radius 3 is 2.80 bits per heavy atom. The third-order valence-electron chi connectivity index (χ3n) is 2.36. The van der Waals surface area contributed by atoms with Crippen molar-refractivity contribution in [3.05, 3.63) is 29.3 Å². The van der Waals surface area contributed by atoms with Crippen LogP contribution in [0.4, 0.5) is 5.82 Å². The highest BCUT2D eigenvalue weighted by Crippen LogP contribution is 2.16. The lowest BCUT2D eigenvalue weighted by atomic mass is 10.3. The highest BCUT2D eigenvalue weighted by Gasteiger charge is 2.23. The van der Waals surface area contributed by atoms with Crippen molar-refractivity contribution in [2.45, 2.75) is 24.1 Å². The molecule has 2 heterocycles. The van der Waals surface area contributed by atoms with Gasteiger partial charge < -0.3 is 9.84 Å². The van der Waals surface area contributed by atoms with Gasteiger partial charge in [-0.05, 0) is 25.3 Å². The van der Waals surface area contributed by atoms with Crippen LogP contribution in [0.25, 0.3) is 0 Å². The number of hydrogen-bond acceptors (Lipinski definition) is 6. The Hall–Kier alpha value is -1.71. The van der Waals surface area contributed by atoms with Crippen molar-refractivity contribution in [2.24, 2.45) is 0 Å². The Kier molecular flexibility index (Phi) is 4.21. The van der Waals surface area contributed by atoms with Gasteiger partial charge in [0.1, 0.15) is 9.97 Å². The molecule has 20 heavy (non-hydrogen) atoms. The number of nitrogens with zero attached hydrogens (tertiary/aromatic N) is 1. The molecule has 2 aromatic heterocycles. The van der Waals surface area contributed by atoms with E-state index in [1.54, 1.807) is 24.4 Å². The average Bonchev–Trinajstić information content (AvgIpc) is 3.00. The van der Waals surface area contributed by atoms with E-state index in [2.05, 4.69) is 15.2 Å². The molecule has 2 N–H and O–H groups in total. The molecule has 0 unspecified atom stereocenters. The largest absolute Gasteiger partial charge is 0.360 e. The van der Waals surface area contributed by atoms with Crippen LogP contribution in [-0.2, 0) is 14.8 Å². The van der Waals surface area contributed by atoms with Crippen molar-refractivity contribution < 1.29 is 17.7 Å². The smallest absolute Gasteiger partial charge is 0.250 e. The maximum absolute atomic E-state index is 11.9. The summed E-state index contributed by atoms with van der Waals surface area (Å²) in [5, 5.41) is 7.72. The third kappa shape index (κ3) is 3.44. The van der Waals surface area contributed by atoms with Gasteiger partial charge >= 0.3 is 0 Å². The normalized spacial score (nSPS) is 13.1. The van der Waals surface area contributed by atoms with Gasteiger partial charge in [-0.3, -0.25) is 4.79 Å². The van der Waals surface area contributed by atoms with E-state index in [0.717, 1.165) is 11.3 Å². The zero-order valence-corrected chi connectivity index (χ0v) is 12.4. The molecule has 9 heteroatoms. The van der Waals surface area contributed by atoms with E-state index < -0.39 is 22.0 Å². The molecule has 0 bridgehead atoms. The molecule has 0 saturated heterocycles. The Bertz CT molecular complexity index is 691. The summed E-state index contributed by atoms with van der Waals surface area (Å²) in [6.45, 7) is 3.14. The lowest BCUT2D eigenvalue weighted by Crippen LogP contribution is -2.41. The Morgan fingerprint density at radius 2 is 2.25 bits per heavy atom. The van der Waals surface area contributed by atoms with Crippen LogP contribution in [0, 0.1) is 6.92 Å². The zero-order chi connectivity index (χ0) is 14.8. The molecule has 0 saturated carbocycles. The molecule has 1 amide bonds. The van der Waals surface area contributed by atoms with Gasteiger partial charge in [0.2, 0.25) is 5.91 Å². The Balaban J connectivity index is 2.01. The van der Waals surface area contributed by atoms with Crippen LogP contribution in [-0.4, -0.2) is 25.5 Å². The first-order valence-corrected chi connectivity index (χ1v) is 8.05. The van der Waals surface area contributed by atoms with E-state index in [0.29, 0.717) is 5.76 Å². The van der Waals surface area contributed by atoms with Gasteiger partial charge in [0.15, 0.2) is 5.82 Å². The van der Waals surface area contributed by atoms with Crippen LogP contribution in [0.5, 0.6) is 0 Å². The minimum absolute atomic E-state index is 0.162. The number of nitrogens with one attached hydrogen (secondary N) is 2. The summed E-state index contributed by atoms with van der Waals surface area (Å²) in [7, 11) is -3.68. The minimum Gasteiger partial charge on any atom is -0.360 e. The summed E-state index contributed by atoms with van der Waals surface area (Å²) < 4.78 is 31.2. The van der Waals surface area contributed by atoms with Gasteiger partial charge in [-0.15, -0.1) is 11.3 Å². The second kappa shape index (κ2) is 5.73. The molecule has 7 nitrogen and oxygen atoms in total. The van der Waals surface area contributed by atoms with Crippen molar-refractivity contribution in [2.75, 3.05) is 5.32 Å². The predicted molar refractivity (Wildman–Crippen MR) is 74.0 cm³/mol. The number of amides is 1. The predicted octanol–water partition coefficient (Wildman–Crippen LogP) is 1.35. The molecule has 0 spiro atoms. The van der Waals surface area contributed by atoms with Crippen molar-refractivity contribution >= 4 is 33.1 Å². The molecule has 0 aliphatic rings. The van der Waals surface area contributed by atoms with Gasteiger partial charge in [-0.2, -0.15) is 4.72 Å². The summed E-state index contributed by atoms with van der Waals surface area (Å²) in [6, 6.07) is 3.71. The first-order valence-electron chi connectivity index (χ1n) is 5.68. The monoisotopic (exact) mass is 315 g/mol. The van der Waals surface area contributed by atoms with Crippen molar-refractivity contribution in [1.82, 2.24) is 9.88 Å². The summed E-state index contributed by atoms with van der Waals surface area (Å²) in [5.41, 5.74) is 0.